The molecule has 5 rings (SSSR count). The first-order chi connectivity index (χ1) is 12.6. The highest BCUT2D eigenvalue weighted by Gasteiger charge is 2.52. The molecule has 0 bridgehead atoms. The summed E-state index contributed by atoms with van der Waals surface area (Å²) in [5.74, 6) is 0.980. The third-order valence-corrected chi connectivity index (χ3v) is 5.55. The Morgan fingerprint density at radius 1 is 1.12 bits per heavy atom. The lowest BCUT2D eigenvalue weighted by molar-refractivity contribution is -0.0494. The van der Waals surface area contributed by atoms with E-state index in [1.54, 1.807) is 0 Å². The molecular weight excluding hydrogens is 326 g/mol. The standard InChI is InChI=1S/C20H21N5O/c21-9-14-6-18-13(10-22-14)4-5-17(23-18)16-2-1-3-19(24-16)25-11-20(12-25)7-15(26)8-20/h1-6,10,15,26H,7-9,11-12,21H2. The van der Waals surface area contributed by atoms with E-state index in [0.717, 1.165) is 59.7 Å². The van der Waals surface area contributed by atoms with Gasteiger partial charge in [0.15, 0.2) is 0 Å². The lowest BCUT2D eigenvalue weighted by atomic mass is 9.62. The highest BCUT2D eigenvalue weighted by Crippen LogP contribution is 2.49. The van der Waals surface area contributed by atoms with Crippen molar-refractivity contribution in [1.82, 2.24) is 15.0 Å². The maximum absolute atomic E-state index is 9.57. The molecule has 0 aromatic carbocycles. The molecule has 3 N–H and O–H groups in total. The molecule has 6 heteroatoms. The number of aliphatic hydroxyl groups excluding tert-OH is 1. The number of aromatic nitrogens is 3. The molecule has 0 amide bonds. The van der Waals surface area contributed by atoms with E-state index in [1.165, 1.54) is 0 Å². The minimum Gasteiger partial charge on any atom is -0.393 e. The predicted molar refractivity (Wildman–Crippen MR) is 101 cm³/mol. The number of aliphatic hydroxyl groups is 1. The second-order valence-corrected chi connectivity index (χ2v) is 7.57. The molecule has 3 aromatic heterocycles. The quantitative estimate of drug-likeness (QED) is 0.754. The van der Waals surface area contributed by atoms with Crippen LogP contribution >= 0.6 is 0 Å². The summed E-state index contributed by atoms with van der Waals surface area (Å²) < 4.78 is 0. The number of nitrogens with zero attached hydrogens (tertiary/aromatic N) is 4. The number of nitrogens with two attached hydrogens (primary N) is 1. The highest BCUT2D eigenvalue weighted by atomic mass is 16.3. The maximum Gasteiger partial charge on any atom is 0.129 e. The van der Waals surface area contributed by atoms with E-state index in [4.69, 9.17) is 15.7 Å². The molecule has 2 aliphatic rings. The largest absolute Gasteiger partial charge is 0.393 e. The van der Waals surface area contributed by atoms with Crippen LogP contribution in [0, 0.1) is 5.41 Å². The monoisotopic (exact) mass is 347 g/mol. The topological polar surface area (TPSA) is 88.2 Å². The van der Waals surface area contributed by atoms with Crippen molar-refractivity contribution in [2.45, 2.75) is 25.5 Å². The van der Waals surface area contributed by atoms with E-state index >= 15 is 0 Å². The first-order valence-corrected chi connectivity index (χ1v) is 9.00. The number of pyridine rings is 3. The number of hydrogen-bond donors (Lipinski definition) is 2. The number of fused-ring (bicyclic) bond motifs is 1. The van der Waals surface area contributed by atoms with Gasteiger partial charge in [-0.15, -0.1) is 0 Å². The first-order valence-electron chi connectivity index (χ1n) is 9.00. The number of anilines is 1. The third-order valence-electron chi connectivity index (χ3n) is 5.55. The highest BCUT2D eigenvalue weighted by molar-refractivity contribution is 5.80. The van der Waals surface area contributed by atoms with Gasteiger partial charge in [-0.25, -0.2) is 9.97 Å². The molecule has 1 spiro atoms. The second kappa shape index (κ2) is 5.72. The first kappa shape index (κ1) is 15.7. The fourth-order valence-corrected chi connectivity index (χ4v) is 4.18. The Balaban J connectivity index is 1.42. The molecule has 26 heavy (non-hydrogen) atoms. The van der Waals surface area contributed by atoms with Crippen molar-refractivity contribution in [2.75, 3.05) is 18.0 Å². The van der Waals surface area contributed by atoms with Crippen LogP contribution in [-0.4, -0.2) is 39.3 Å². The average Bonchev–Trinajstić information content (AvgIpc) is 2.62. The average molecular weight is 347 g/mol. The van der Waals surface area contributed by atoms with Gasteiger partial charge in [-0.1, -0.05) is 6.07 Å². The van der Waals surface area contributed by atoms with E-state index in [2.05, 4.69) is 9.88 Å². The molecule has 0 atom stereocenters. The van der Waals surface area contributed by atoms with Gasteiger partial charge in [0.05, 0.1) is 28.7 Å². The van der Waals surface area contributed by atoms with Crippen molar-refractivity contribution in [3.8, 4) is 11.4 Å². The van der Waals surface area contributed by atoms with Crippen LogP contribution in [0.2, 0.25) is 0 Å². The summed E-state index contributed by atoms with van der Waals surface area (Å²) in [6, 6.07) is 12.0. The zero-order chi connectivity index (χ0) is 17.7. The Bertz CT molecular complexity index is 975. The zero-order valence-corrected chi connectivity index (χ0v) is 14.5. The molecule has 1 saturated carbocycles. The summed E-state index contributed by atoms with van der Waals surface area (Å²) in [7, 11) is 0. The summed E-state index contributed by atoms with van der Waals surface area (Å²) in [5, 5.41) is 10.6. The van der Waals surface area contributed by atoms with Gasteiger partial charge in [0.2, 0.25) is 0 Å². The van der Waals surface area contributed by atoms with Crippen molar-refractivity contribution in [3.63, 3.8) is 0 Å². The molecule has 3 aromatic rings. The molecular formula is C20H21N5O. The van der Waals surface area contributed by atoms with Gasteiger partial charge >= 0.3 is 0 Å². The van der Waals surface area contributed by atoms with Gasteiger partial charge in [-0.3, -0.25) is 4.98 Å². The minimum absolute atomic E-state index is 0.105. The number of hydrogen-bond acceptors (Lipinski definition) is 6. The van der Waals surface area contributed by atoms with E-state index in [-0.39, 0.29) is 6.10 Å². The van der Waals surface area contributed by atoms with E-state index in [0.29, 0.717) is 12.0 Å². The molecule has 2 fully saturated rings. The Kier molecular flexibility index (Phi) is 3.45. The SMILES string of the molecule is NCc1cc2nc(-c3cccc(N4CC5(CC(O)C5)C4)n3)ccc2cn1. The maximum atomic E-state index is 9.57. The lowest BCUT2D eigenvalue weighted by Crippen LogP contribution is -2.64. The molecule has 0 unspecified atom stereocenters. The van der Waals surface area contributed by atoms with Crippen LogP contribution in [-0.2, 0) is 6.54 Å². The van der Waals surface area contributed by atoms with Gasteiger partial charge in [0.25, 0.3) is 0 Å². The Hall–Kier alpha value is -2.57. The van der Waals surface area contributed by atoms with Crippen molar-refractivity contribution in [3.05, 3.63) is 48.3 Å². The van der Waals surface area contributed by atoms with Crippen molar-refractivity contribution >= 4 is 16.7 Å². The Morgan fingerprint density at radius 3 is 2.69 bits per heavy atom. The van der Waals surface area contributed by atoms with Crippen LogP contribution in [0.3, 0.4) is 0 Å². The third kappa shape index (κ3) is 2.53. The molecule has 1 saturated heterocycles. The normalized spacial score (nSPS) is 18.8. The van der Waals surface area contributed by atoms with Crippen LogP contribution in [0.4, 0.5) is 5.82 Å². The molecule has 4 heterocycles. The van der Waals surface area contributed by atoms with Crippen molar-refractivity contribution in [2.24, 2.45) is 11.1 Å². The second-order valence-electron chi connectivity index (χ2n) is 7.57. The zero-order valence-electron chi connectivity index (χ0n) is 14.5. The van der Waals surface area contributed by atoms with Crippen LogP contribution in [0.1, 0.15) is 18.5 Å². The van der Waals surface area contributed by atoms with E-state index < -0.39 is 0 Å². The van der Waals surface area contributed by atoms with E-state index in [9.17, 15) is 5.11 Å². The van der Waals surface area contributed by atoms with Crippen molar-refractivity contribution < 1.29 is 5.11 Å². The summed E-state index contributed by atoms with van der Waals surface area (Å²) in [4.78, 5) is 16.2. The van der Waals surface area contributed by atoms with Crippen LogP contribution in [0.15, 0.2) is 42.6 Å². The van der Waals surface area contributed by atoms with E-state index in [1.807, 2.05) is 42.6 Å². The fourth-order valence-electron chi connectivity index (χ4n) is 4.18. The predicted octanol–water partition coefficient (Wildman–Crippen LogP) is 2.11. The van der Waals surface area contributed by atoms with Crippen LogP contribution < -0.4 is 10.6 Å². The van der Waals surface area contributed by atoms with Gasteiger partial charge < -0.3 is 15.7 Å². The lowest BCUT2D eigenvalue weighted by Gasteiger charge is -2.58. The van der Waals surface area contributed by atoms with Crippen LogP contribution in [0.5, 0.6) is 0 Å². The van der Waals surface area contributed by atoms with Crippen LogP contribution in [0.25, 0.3) is 22.3 Å². The molecule has 0 radical (unpaired) electrons. The van der Waals surface area contributed by atoms with Gasteiger partial charge in [0.1, 0.15) is 5.82 Å². The fraction of sp³-hybridized carbons (Fsp3) is 0.350. The Morgan fingerprint density at radius 2 is 1.92 bits per heavy atom. The summed E-state index contributed by atoms with van der Waals surface area (Å²) in [5.41, 5.74) is 9.44. The molecule has 6 nitrogen and oxygen atoms in total. The molecule has 1 aliphatic carbocycles. The summed E-state index contributed by atoms with van der Waals surface area (Å²) >= 11 is 0. The summed E-state index contributed by atoms with van der Waals surface area (Å²) in [6.07, 6.45) is 3.55. The summed E-state index contributed by atoms with van der Waals surface area (Å²) in [6.45, 7) is 2.37. The Labute approximate surface area is 151 Å². The van der Waals surface area contributed by atoms with Gasteiger partial charge in [0, 0.05) is 36.6 Å². The number of rotatable bonds is 3. The van der Waals surface area contributed by atoms with Crippen molar-refractivity contribution in [1.29, 1.82) is 0 Å². The molecule has 132 valence electrons. The van der Waals surface area contributed by atoms with Gasteiger partial charge in [-0.2, -0.15) is 0 Å². The van der Waals surface area contributed by atoms with Gasteiger partial charge in [-0.05, 0) is 43.2 Å². The minimum atomic E-state index is -0.105. The molecule has 1 aliphatic heterocycles. The smallest absolute Gasteiger partial charge is 0.129 e.